The molecule has 0 saturated carbocycles. The summed E-state index contributed by atoms with van der Waals surface area (Å²) in [6, 6.07) is 13.2. The lowest BCUT2D eigenvalue weighted by molar-refractivity contribution is -0.126. The highest BCUT2D eigenvalue weighted by atomic mass is 35.5. The Kier molecular flexibility index (Phi) is 4.88. The van der Waals surface area contributed by atoms with Gasteiger partial charge in [0.25, 0.3) is 5.91 Å². The van der Waals surface area contributed by atoms with Crippen LogP contribution in [0.3, 0.4) is 0 Å². The minimum Gasteiger partial charge on any atom is -0.449 e. The number of hydrogen-bond donors (Lipinski definition) is 0. The number of hydrogen-bond acceptors (Lipinski definition) is 5. The molecule has 0 radical (unpaired) electrons. The van der Waals surface area contributed by atoms with Crippen molar-refractivity contribution in [1.82, 2.24) is 0 Å². The summed E-state index contributed by atoms with van der Waals surface area (Å²) in [5.74, 6) is -1.47. The molecule has 3 aromatic rings. The number of amides is 1. The van der Waals surface area contributed by atoms with Crippen molar-refractivity contribution >= 4 is 40.1 Å². The second-order valence-electron chi connectivity index (χ2n) is 7.05. The number of anilines is 1. The van der Waals surface area contributed by atoms with Gasteiger partial charge >= 0.3 is 5.97 Å². The van der Waals surface area contributed by atoms with Gasteiger partial charge in [0.05, 0.1) is 5.39 Å². The summed E-state index contributed by atoms with van der Waals surface area (Å²) < 4.78 is 10.8. The third-order valence-electron chi connectivity index (χ3n) is 4.97. The molecule has 0 bridgehead atoms. The smallest absolute Gasteiger partial charge is 0.375 e. The highest BCUT2D eigenvalue weighted by molar-refractivity contribution is 6.31. The molecular weight excluding hydrogens is 394 g/mol. The number of esters is 1. The van der Waals surface area contributed by atoms with E-state index in [1.165, 1.54) is 19.1 Å². The van der Waals surface area contributed by atoms with Crippen molar-refractivity contribution in [3.05, 3.63) is 75.1 Å². The highest BCUT2D eigenvalue weighted by Gasteiger charge is 2.34. The van der Waals surface area contributed by atoms with Crippen LogP contribution in [0.4, 0.5) is 5.69 Å². The van der Waals surface area contributed by atoms with E-state index in [0.29, 0.717) is 5.02 Å². The number of para-hydroxylation sites is 1. The van der Waals surface area contributed by atoms with Crippen LogP contribution in [0.5, 0.6) is 0 Å². The minimum atomic E-state index is -1.04. The lowest BCUT2D eigenvalue weighted by atomic mass is 10.1. The molecule has 1 aliphatic heterocycles. The number of rotatable bonds is 3. The van der Waals surface area contributed by atoms with Crippen molar-refractivity contribution in [2.24, 2.45) is 0 Å². The highest BCUT2D eigenvalue weighted by Crippen LogP contribution is 2.32. The maximum atomic E-state index is 12.9. The summed E-state index contributed by atoms with van der Waals surface area (Å²) in [6.45, 7) is 3.45. The van der Waals surface area contributed by atoms with Gasteiger partial charge in [0.2, 0.25) is 5.76 Å². The molecule has 0 spiro atoms. The first kappa shape index (κ1) is 19.2. The van der Waals surface area contributed by atoms with Crippen LogP contribution >= 0.6 is 11.6 Å². The first-order chi connectivity index (χ1) is 13.8. The molecule has 148 valence electrons. The van der Waals surface area contributed by atoms with E-state index in [9.17, 15) is 14.4 Å². The summed E-state index contributed by atoms with van der Waals surface area (Å²) in [7, 11) is 0. The molecule has 0 aliphatic carbocycles. The Morgan fingerprint density at radius 3 is 2.76 bits per heavy atom. The molecule has 0 unspecified atom stereocenters. The normalized spacial score (nSPS) is 16.5. The van der Waals surface area contributed by atoms with Crippen LogP contribution in [0.1, 0.15) is 30.0 Å². The third-order valence-corrected chi connectivity index (χ3v) is 5.20. The van der Waals surface area contributed by atoms with E-state index in [2.05, 4.69) is 0 Å². The fourth-order valence-electron chi connectivity index (χ4n) is 3.60. The van der Waals surface area contributed by atoms with Crippen molar-refractivity contribution < 1.29 is 18.7 Å². The fourth-order valence-corrected chi connectivity index (χ4v) is 3.77. The van der Waals surface area contributed by atoms with E-state index >= 15 is 0 Å². The molecule has 2 heterocycles. The lowest BCUT2D eigenvalue weighted by Crippen LogP contribution is -2.43. The summed E-state index contributed by atoms with van der Waals surface area (Å²) >= 11 is 5.89. The zero-order valence-corrected chi connectivity index (χ0v) is 16.6. The number of benzene rings is 2. The lowest BCUT2D eigenvalue weighted by Gasteiger charge is -2.25. The van der Waals surface area contributed by atoms with Crippen LogP contribution in [-0.4, -0.2) is 24.0 Å². The molecular formula is C22H18ClNO5. The van der Waals surface area contributed by atoms with Gasteiger partial charge in [-0.1, -0.05) is 29.8 Å². The largest absolute Gasteiger partial charge is 0.449 e. The van der Waals surface area contributed by atoms with Crippen molar-refractivity contribution in [3.63, 3.8) is 0 Å². The zero-order valence-electron chi connectivity index (χ0n) is 15.8. The summed E-state index contributed by atoms with van der Waals surface area (Å²) in [5.41, 5.74) is 1.70. The van der Waals surface area contributed by atoms with Gasteiger partial charge in [0.15, 0.2) is 11.5 Å². The molecule has 2 atom stereocenters. The van der Waals surface area contributed by atoms with Gasteiger partial charge in [0, 0.05) is 22.8 Å². The molecule has 1 aromatic heterocycles. The van der Waals surface area contributed by atoms with E-state index in [1.54, 1.807) is 11.0 Å². The Morgan fingerprint density at radius 1 is 1.21 bits per heavy atom. The molecule has 2 aromatic carbocycles. The van der Waals surface area contributed by atoms with Gasteiger partial charge in [-0.2, -0.15) is 0 Å². The Morgan fingerprint density at radius 2 is 1.97 bits per heavy atom. The Labute approximate surface area is 171 Å². The zero-order chi connectivity index (χ0) is 20.7. The average Bonchev–Trinajstić information content (AvgIpc) is 3.03. The van der Waals surface area contributed by atoms with E-state index in [0.717, 1.165) is 23.7 Å². The predicted octanol–water partition coefficient (Wildman–Crippen LogP) is 3.97. The second kappa shape index (κ2) is 7.37. The predicted molar refractivity (Wildman–Crippen MR) is 109 cm³/mol. The molecule has 1 aliphatic rings. The topological polar surface area (TPSA) is 76.8 Å². The first-order valence-corrected chi connectivity index (χ1v) is 9.58. The van der Waals surface area contributed by atoms with Gasteiger partial charge in [-0.05, 0) is 50.1 Å². The SMILES string of the molecule is C[C@@H]1Cc2ccccc2N1C(=O)[C@@H](C)OC(=O)c1cc(=O)c2cc(Cl)ccc2o1. The molecule has 0 fully saturated rings. The van der Waals surface area contributed by atoms with Crippen molar-refractivity contribution in [3.8, 4) is 0 Å². The van der Waals surface area contributed by atoms with Crippen LogP contribution in [0, 0.1) is 0 Å². The summed E-state index contributed by atoms with van der Waals surface area (Å²) in [5, 5.41) is 0.653. The van der Waals surface area contributed by atoms with Gasteiger partial charge in [0.1, 0.15) is 5.58 Å². The number of nitrogens with zero attached hydrogens (tertiary/aromatic N) is 1. The molecule has 7 heteroatoms. The van der Waals surface area contributed by atoms with Crippen LogP contribution in [0.15, 0.2) is 57.7 Å². The van der Waals surface area contributed by atoms with Crippen molar-refractivity contribution in [1.29, 1.82) is 0 Å². The van der Waals surface area contributed by atoms with Crippen LogP contribution in [0.2, 0.25) is 5.02 Å². The number of fused-ring (bicyclic) bond motifs is 2. The van der Waals surface area contributed by atoms with Crippen LogP contribution in [-0.2, 0) is 16.0 Å². The molecule has 0 saturated heterocycles. The number of ether oxygens (including phenoxy) is 1. The van der Waals surface area contributed by atoms with Gasteiger partial charge < -0.3 is 14.1 Å². The molecule has 0 N–H and O–H groups in total. The molecule has 6 nitrogen and oxygen atoms in total. The van der Waals surface area contributed by atoms with E-state index in [1.807, 2.05) is 31.2 Å². The molecule has 1 amide bonds. The standard InChI is InChI=1S/C22H18ClNO5/c1-12-9-14-5-3-4-6-17(14)24(12)21(26)13(2)28-22(27)20-11-18(25)16-10-15(23)7-8-19(16)29-20/h3-8,10-13H,9H2,1-2H3/t12-,13-/m1/s1. The number of halogens is 1. The van der Waals surface area contributed by atoms with Gasteiger partial charge in [-0.3, -0.25) is 9.59 Å². The van der Waals surface area contributed by atoms with Crippen LogP contribution < -0.4 is 10.3 Å². The summed E-state index contributed by atoms with van der Waals surface area (Å²) in [4.78, 5) is 39.4. The van der Waals surface area contributed by atoms with E-state index in [-0.39, 0.29) is 28.7 Å². The minimum absolute atomic E-state index is 0.0376. The van der Waals surface area contributed by atoms with Gasteiger partial charge in [-0.15, -0.1) is 0 Å². The maximum absolute atomic E-state index is 12.9. The molecule has 4 rings (SSSR count). The fraction of sp³-hybridized carbons (Fsp3) is 0.227. The first-order valence-electron chi connectivity index (χ1n) is 9.20. The Balaban J connectivity index is 1.56. The molecule has 29 heavy (non-hydrogen) atoms. The van der Waals surface area contributed by atoms with Crippen LogP contribution in [0.25, 0.3) is 11.0 Å². The Bertz CT molecular complexity index is 1190. The number of carbonyl (C=O) groups is 2. The van der Waals surface area contributed by atoms with Gasteiger partial charge in [-0.25, -0.2) is 4.79 Å². The maximum Gasteiger partial charge on any atom is 0.375 e. The average molecular weight is 412 g/mol. The van der Waals surface area contributed by atoms with Crippen molar-refractivity contribution in [2.75, 3.05) is 4.90 Å². The Hall–Kier alpha value is -3.12. The summed E-state index contributed by atoms with van der Waals surface area (Å²) in [6.07, 6.45) is -0.299. The monoisotopic (exact) mass is 411 g/mol. The quantitative estimate of drug-likeness (QED) is 0.609. The van der Waals surface area contributed by atoms with Crippen molar-refractivity contribution in [2.45, 2.75) is 32.4 Å². The number of carbonyl (C=O) groups excluding carboxylic acids is 2. The van der Waals surface area contributed by atoms with E-state index < -0.39 is 17.5 Å². The third kappa shape index (κ3) is 3.51. The second-order valence-corrected chi connectivity index (χ2v) is 7.49. The van der Waals surface area contributed by atoms with E-state index in [4.69, 9.17) is 20.8 Å².